The molecule has 1 heterocycles. The number of aryl methyl sites for hydroxylation is 1. The number of nitrogens with zero attached hydrogens (tertiary/aromatic N) is 1. The summed E-state index contributed by atoms with van der Waals surface area (Å²) in [6.07, 6.45) is 4.01. The molecule has 0 saturated carbocycles. The van der Waals surface area contributed by atoms with Crippen molar-refractivity contribution < 1.29 is 9.59 Å². The summed E-state index contributed by atoms with van der Waals surface area (Å²) in [5.74, 6) is 0.0995. The van der Waals surface area contributed by atoms with E-state index in [1.54, 1.807) is 4.90 Å². The molecule has 0 radical (unpaired) electrons. The van der Waals surface area contributed by atoms with E-state index in [-0.39, 0.29) is 29.3 Å². The third kappa shape index (κ3) is 6.18. The second-order valence-electron chi connectivity index (χ2n) is 8.42. The Morgan fingerprint density at radius 1 is 1.24 bits per heavy atom. The lowest BCUT2D eigenvalue weighted by Gasteiger charge is -2.28. The molecule has 25 heavy (non-hydrogen) atoms. The standard InChI is InChI=1S/C21H32N2O2/c1-16(12-13-17-9-6-5-7-10-17)22-20(25)18-11-8-14-23(18)19(24)15-21(2,3)4/h5-7,9-10,16,18H,8,11-15H2,1-4H3,(H,22,25). The Morgan fingerprint density at radius 3 is 2.56 bits per heavy atom. The van der Waals surface area contributed by atoms with E-state index in [1.165, 1.54) is 5.56 Å². The molecule has 1 aromatic rings. The molecule has 0 spiro atoms. The Morgan fingerprint density at radius 2 is 1.92 bits per heavy atom. The summed E-state index contributed by atoms with van der Waals surface area (Å²) < 4.78 is 0. The van der Waals surface area contributed by atoms with Gasteiger partial charge in [-0.3, -0.25) is 9.59 Å². The molecular formula is C21H32N2O2. The zero-order chi connectivity index (χ0) is 18.4. The molecule has 1 aliphatic rings. The summed E-state index contributed by atoms with van der Waals surface area (Å²) in [6, 6.07) is 10.1. The maximum atomic E-state index is 12.6. The average Bonchev–Trinajstić information content (AvgIpc) is 3.02. The zero-order valence-corrected chi connectivity index (χ0v) is 16.0. The second-order valence-corrected chi connectivity index (χ2v) is 8.42. The first-order chi connectivity index (χ1) is 11.8. The molecular weight excluding hydrogens is 312 g/mol. The van der Waals surface area contributed by atoms with Gasteiger partial charge in [0.2, 0.25) is 11.8 Å². The van der Waals surface area contributed by atoms with Gasteiger partial charge in [-0.05, 0) is 43.6 Å². The monoisotopic (exact) mass is 344 g/mol. The van der Waals surface area contributed by atoms with Crippen LogP contribution in [0.2, 0.25) is 0 Å². The van der Waals surface area contributed by atoms with Crippen LogP contribution in [-0.4, -0.2) is 35.3 Å². The molecule has 138 valence electrons. The highest BCUT2D eigenvalue weighted by Crippen LogP contribution is 2.25. The first-order valence-electron chi connectivity index (χ1n) is 9.40. The third-order valence-corrected chi connectivity index (χ3v) is 4.65. The van der Waals surface area contributed by atoms with Crippen LogP contribution < -0.4 is 5.32 Å². The minimum atomic E-state index is -0.297. The minimum absolute atomic E-state index is 0.000297. The Bertz CT molecular complexity index is 577. The van der Waals surface area contributed by atoms with Gasteiger partial charge in [0, 0.05) is 19.0 Å². The van der Waals surface area contributed by atoms with Crippen LogP contribution in [0.3, 0.4) is 0 Å². The van der Waals surface area contributed by atoms with Crippen molar-refractivity contribution in [2.45, 2.75) is 71.9 Å². The molecule has 4 heteroatoms. The lowest BCUT2D eigenvalue weighted by Crippen LogP contribution is -2.48. The number of hydrogen-bond acceptors (Lipinski definition) is 2. The number of benzene rings is 1. The normalized spacial score (nSPS) is 18.9. The van der Waals surface area contributed by atoms with Crippen LogP contribution >= 0.6 is 0 Å². The first kappa shape index (κ1) is 19.5. The summed E-state index contributed by atoms with van der Waals surface area (Å²) in [6.45, 7) is 8.91. The van der Waals surface area contributed by atoms with E-state index in [1.807, 2.05) is 25.1 Å². The molecule has 0 bridgehead atoms. The van der Waals surface area contributed by atoms with Crippen LogP contribution in [0.25, 0.3) is 0 Å². The SMILES string of the molecule is CC(CCc1ccccc1)NC(=O)C1CCCN1C(=O)CC(C)(C)C. The van der Waals surface area contributed by atoms with Gasteiger partial charge in [0.15, 0.2) is 0 Å². The van der Waals surface area contributed by atoms with E-state index in [9.17, 15) is 9.59 Å². The molecule has 1 N–H and O–H groups in total. The number of hydrogen-bond donors (Lipinski definition) is 1. The van der Waals surface area contributed by atoms with Gasteiger partial charge in [0.1, 0.15) is 6.04 Å². The van der Waals surface area contributed by atoms with E-state index in [4.69, 9.17) is 0 Å². The predicted molar refractivity (Wildman–Crippen MR) is 101 cm³/mol. The number of nitrogens with one attached hydrogen (secondary N) is 1. The van der Waals surface area contributed by atoms with Crippen molar-refractivity contribution in [1.82, 2.24) is 10.2 Å². The van der Waals surface area contributed by atoms with Crippen molar-refractivity contribution in [3.05, 3.63) is 35.9 Å². The molecule has 1 fully saturated rings. The summed E-state index contributed by atoms with van der Waals surface area (Å²) in [4.78, 5) is 26.9. The van der Waals surface area contributed by atoms with E-state index in [0.29, 0.717) is 13.0 Å². The third-order valence-electron chi connectivity index (χ3n) is 4.65. The van der Waals surface area contributed by atoms with Crippen molar-refractivity contribution in [2.24, 2.45) is 5.41 Å². The highest BCUT2D eigenvalue weighted by molar-refractivity contribution is 5.88. The summed E-state index contributed by atoms with van der Waals surface area (Å²) in [7, 11) is 0. The molecule has 1 saturated heterocycles. The molecule has 1 aliphatic heterocycles. The van der Waals surface area contributed by atoms with E-state index >= 15 is 0 Å². The van der Waals surface area contributed by atoms with Crippen LogP contribution in [0.15, 0.2) is 30.3 Å². The van der Waals surface area contributed by atoms with Crippen LogP contribution in [0.1, 0.15) is 58.9 Å². The Balaban J connectivity index is 1.85. The highest BCUT2D eigenvalue weighted by atomic mass is 16.2. The number of amides is 2. The van der Waals surface area contributed by atoms with Crippen molar-refractivity contribution in [3.63, 3.8) is 0 Å². The minimum Gasteiger partial charge on any atom is -0.352 e. The van der Waals surface area contributed by atoms with Gasteiger partial charge >= 0.3 is 0 Å². The van der Waals surface area contributed by atoms with Crippen molar-refractivity contribution in [3.8, 4) is 0 Å². The number of rotatable bonds is 6. The Kier molecular flexibility index (Phi) is 6.63. The maximum absolute atomic E-state index is 12.6. The van der Waals surface area contributed by atoms with Gasteiger partial charge in [-0.2, -0.15) is 0 Å². The summed E-state index contributed by atoms with van der Waals surface area (Å²) in [5, 5.41) is 3.11. The Labute approximate surface area is 152 Å². The summed E-state index contributed by atoms with van der Waals surface area (Å²) in [5.41, 5.74) is 1.23. The van der Waals surface area contributed by atoms with Crippen molar-refractivity contribution >= 4 is 11.8 Å². The molecule has 2 amide bonds. The molecule has 1 aromatic carbocycles. The van der Waals surface area contributed by atoms with Crippen LogP contribution in [0.4, 0.5) is 0 Å². The quantitative estimate of drug-likeness (QED) is 0.858. The predicted octanol–water partition coefficient (Wildman–Crippen LogP) is 3.55. The van der Waals surface area contributed by atoms with E-state index in [2.05, 4.69) is 38.2 Å². The van der Waals surface area contributed by atoms with Gasteiger partial charge in [0.25, 0.3) is 0 Å². The second kappa shape index (κ2) is 8.50. The molecule has 0 aliphatic carbocycles. The summed E-state index contributed by atoms with van der Waals surface area (Å²) >= 11 is 0. The lowest BCUT2D eigenvalue weighted by molar-refractivity contribution is -0.140. The van der Waals surface area contributed by atoms with Gasteiger partial charge in [-0.25, -0.2) is 0 Å². The van der Waals surface area contributed by atoms with Gasteiger partial charge in [0.05, 0.1) is 0 Å². The fourth-order valence-electron chi connectivity index (χ4n) is 3.33. The zero-order valence-electron chi connectivity index (χ0n) is 16.0. The highest BCUT2D eigenvalue weighted by Gasteiger charge is 2.35. The first-order valence-corrected chi connectivity index (χ1v) is 9.40. The van der Waals surface area contributed by atoms with E-state index < -0.39 is 0 Å². The van der Waals surface area contributed by atoms with Crippen LogP contribution in [-0.2, 0) is 16.0 Å². The number of carbonyl (C=O) groups excluding carboxylic acids is 2. The molecule has 2 atom stereocenters. The average molecular weight is 344 g/mol. The van der Waals surface area contributed by atoms with Gasteiger partial charge < -0.3 is 10.2 Å². The van der Waals surface area contributed by atoms with E-state index in [0.717, 1.165) is 25.7 Å². The maximum Gasteiger partial charge on any atom is 0.243 e. The smallest absolute Gasteiger partial charge is 0.243 e. The lowest BCUT2D eigenvalue weighted by atomic mass is 9.91. The molecule has 0 aromatic heterocycles. The van der Waals surface area contributed by atoms with Crippen LogP contribution in [0.5, 0.6) is 0 Å². The Hall–Kier alpha value is -1.84. The molecule has 4 nitrogen and oxygen atoms in total. The fourth-order valence-corrected chi connectivity index (χ4v) is 3.33. The molecule has 2 rings (SSSR count). The van der Waals surface area contributed by atoms with Gasteiger partial charge in [-0.15, -0.1) is 0 Å². The largest absolute Gasteiger partial charge is 0.352 e. The number of likely N-dealkylation sites (tertiary alicyclic amines) is 1. The van der Waals surface area contributed by atoms with Crippen LogP contribution in [0, 0.1) is 5.41 Å². The molecule has 2 unspecified atom stereocenters. The van der Waals surface area contributed by atoms with Crippen molar-refractivity contribution in [1.29, 1.82) is 0 Å². The van der Waals surface area contributed by atoms with Crippen molar-refractivity contribution in [2.75, 3.05) is 6.54 Å². The van der Waals surface area contributed by atoms with Gasteiger partial charge in [-0.1, -0.05) is 51.1 Å². The topological polar surface area (TPSA) is 49.4 Å². The fraction of sp³-hybridized carbons (Fsp3) is 0.619. The number of carbonyl (C=O) groups is 2.